The lowest BCUT2D eigenvalue weighted by molar-refractivity contribution is 0.0627. The number of carbonyl (C=O) groups excluding carboxylic acids is 1. The zero-order chi connectivity index (χ0) is 17.7. The van der Waals surface area contributed by atoms with Gasteiger partial charge in [0.1, 0.15) is 5.65 Å². The fraction of sp³-hybridized carbons (Fsp3) is 0.529. The Balaban J connectivity index is 1.64. The Morgan fingerprint density at radius 2 is 1.76 bits per heavy atom. The van der Waals surface area contributed by atoms with Crippen LogP contribution in [0.5, 0.6) is 0 Å². The Morgan fingerprint density at radius 1 is 1.08 bits per heavy atom. The van der Waals surface area contributed by atoms with Crippen molar-refractivity contribution in [2.45, 2.75) is 18.9 Å². The molecule has 8 heteroatoms. The minimum Gasteiger partial charge on any atom is -0.336 e. The third kappa shape index (κ3) is 2.66. The van der Waals surface area contributed by atoms with Crippen LogP contribution < -0.4 is 11.2 Å². The van der Waals surface area contributed by atoms with Crippen LogP contribution in [0, 0.1) is 0 Å². The summed E-state index contributed by atoms with van der Waals surface area (Å²) in [6.07, 6.45) is 3.99. The smallest absolute Gasteiger partial charge is 0.332 e. The van der Waals surface area contributed by atoms with Gasteiger partial charge in [-0.1, -0.05) is 0 Å². The Bertz CT molecular complexity index is 965. The summed E-state index contributed by atoms with van der Waals surface area (Å²) < 4.78 is 2.35. The van der Waals surface area contributed by atoms with E-state index < -0.39 is 11.2 Å². The number of aryl methyl sites for hydroxylation is 1. The van der Waals surface area contributed by atoms with Gasteiger partial charge in [0.25, 0.3) is 11.5 Å². The van der Waals surface area contributed by atoms with Crippen LogP contribution in [-0.2, 0) is 14.1 Å². The largest absolute Gasteiger partial charge is 0.336 e. The van der Waals surface area contributed by atoms with Crippen molar-refractivity contribution >= 4 is 16.9 Å². The molecule has 1 saturated carbocycles. The lowest BCUT2D eigenvalue weighted by Crippen LogP contribution is -2.49. The van der Waals surface area contributed by atoms with Crippen molar-refractivity contribution in [3.63, 3.8) is 0 Å². The molecular formula is C17H21N5O3. The van der Waals surface area contributed by atoms with Gasteiger partial charge >= 0.3 is 5.69 Å². The van der Waals surface area contributed by atoms with Crippen molar-refractivity contribution in [3.05, 3.63) is 38.7 Å². The molecule has 0 spiro atoms. The maximum Gasteiger partial charge on any atom is 0.332 e. The molecule has 8 nitrogen and oxygen atoms in total. The van der Waals surface area contributed by atoms with Gasteiger partial charge in [0, 0.05) is 52.5 Å². The number of piperazine rings is 1. The topological polar surface area (TPSA) is 80.4 Å². The highest BCUT2D eigenvalue weighted by Crippen LogP contribution is 2.27. The highest BCUT2D eigenvalue weighted by molar-refractivity contribution is 5.96. The highest BCUT2D eigenvalue weighted by atomic mass is 16.2. The lowest BCUT2D eigenvalue weighted by atomic mass is 10.2. The monoisotopic (exact) mass is 343 g/mol. The van der Waals surface area contributed by atoms with Crippen LogP contribution in [0.4, 0.5) is 0 Å². The molecule has 2 aromatic heterocycles. The quantitative estimate of drug-likeness (QED) is 0.738. The van der Waals surface area contributed by atoms with E-state index in [0.717, 1.165) is 17.7 Å². The first-order valence-electron chi connectivity index (χ1n) is 8.56. The molecule has 25 heavy (non-hydrogen) atoms. The second-order valence-electron chi connectivity index (χ2n) is 6.86. The molecule has 3 heterocycles. The standard InChI is InChI=1S/C17H21N5O3/c1-19-14-13(16(24)20(2)17(19)25)9-11(10-18-14)15(23)22-7-5-21(6-8-22)12-3-4-12/h9-10,12H,3-8H2,1-2H3. The summed E-state index contributed by atoms with van der Waals surface area (Å²) in [5.74, 6) is -0.110. The van der Waals surface area contributed by atoms with E-state index in [2.05, 4.69) is 9.88 Å². The molecule has 1 aliphatic carbocycles. The molecule has 1 saturated heterocycles. The maximum absolute atomic E-state index is 12.8. The van der Waals surface area contributed by atoms with Crippen molar-refractivity contribution < 1.29 is 4.79 Å². The second kappa shape index (κ2) is 5.80. The maximum atomic E-state index is 12.8. The number of hydrogen-bond acceptors (Lipinski definition) is 5. The number of hydrogen-bond donors (Lipinski definition) is 0. The van der Waals surface area contributed by atoms with Crippen LogP contribution in [0.25, 0.3) is 11.0 Å². The summed E-state index contributed by atoms with van der Waals surface area (Å²) in [5.41, 5.74) is -0.176. The molecule has 132 valence electrons. The van der Waals surface area contributed by atoms with Crippen LogP contribution in [0.15, 0.2) is 21.9 Å². The summed E-state index contributed by atoms with van der Waals surface area (Å²) in [6.45, 7) is 3.18. The number of aromatic nitrogens is 3. The third-order valence-electron chi connectivity index (χ3n) is 5.20. The summed E-state index contributed by atoms with van der Waals surface area (Å²) in [4.78, 5) is 45.6. The number of carbonyl (C=O) groups is 1. The third-order valence-corrected chi connectivity index (χ3v) is 5.20. The molecule has 4 rings (SSSR count). The first-order valence-corrected chi connectivity index (χ1v) is 8.56. The Hall–Kier alpha value is -2.48. The predicted octanol–water partition coefficient (Wildman–Crippen LogP) is -0.448. The SMILES string of the molecule is Cn1c(=O)c2cc(C(=O)N3CCN(C4CC4)CC3)cnc2n(C)c1=O. The second-order valence-corrected chi connectivity index (χ2v) is 6.86. The average Bonchev–Trinajstić information content (AvgIpc) is 3.49. The van der Waals surface area contributed by atoms with Gasteiger partial charge in [0.05, 0.1) is 10.9 Å². The van der Waals surface area contributed by atoms with Crippen molar-refractivity contribution in [2.75, 3.05) is 26.2 Å². The number of nitrogens with zero attached hydrogens (tertiary/aromatic N) is 5. The van der Waals surface area contributed by atoms with Crippen molar-refractivity contribution in [1.82, 2.24) is 23.9 Å². The van der Waals surface area contributed by atoms with Crippen LogP contribution in [0.3, 0.4) is 0 Å². The number of fused-ring (bicyclic) bond motifs is 1. The molecule has 0 aromatic carbocycles. The molecule has 2 aliphatic rings. The minimum atomic E-state index is -0.432. The van der Waals surface area contributed by atoms with Gasteiger partial charge in [-0.05, 0) is 18.9 Å². The van der Waals surface area contributed by atoms with Gasteiger partial charge in [-0.25, -0.2) is 9.78 Å². The predicted molar refractivity (Wildman–Crippen MR) is 92.7 cm³/mol. The molecule has 0 unspecified atom stereocenters. The summed E-state index contributed by atoms with van der Waals surface area (Å²) in [6, 6.07) is 2.27. The molecule has 1 aliphatic heterocycles. The van der Waals surface area contributed by atoms with Crippen LogP contribution in [0.1, 0.15) is 23.2 Å². The van der Waals surface area contributed by atoms with E-state index in [1.165, 1.54) is 30.7 Å². The molecule has 2 aromatic rings. The minimum absolute atomic E-state index is 0.110. The zero-order valence-corrected chi connectivity index (χ0v) is 14.4. The zero-order valence-electron chi connectivity index (χ0n) is 14.4. The molecule has 2 fully saturated rings. The average molecular weight is 343 g/mol. The first kappa shape index (κ1) is 16.0. The fourth-order valence-electron chi connectivity index (χ4n) is 3.49. The van der Waals surface area contributed by atoms with Gasteiger partial charge in [-0.2, -0.15) is 0 Å². The number of pyridine rings is 1. The first-order chi connectivity index (χ1) is 12.0. The van der Waals surface area contributed by atoms with E-state index >= 15 is 0 Å². The van der Waals surface area contributed by atoms with E-state index in [0.29, 0.717) is 30.3 Å². The van der Waals surface area contributed by atoms with E-state index in [1.807, 2.05) is 4.90 Å². The van der Waals surface area contributed by atoms with Crippen LogP contribution in [0.2, 0.25) is 0 Å². The molecule has 1 amide bonds. The number of rotatable bonds is 2. The number of amides is 1. The van der Waals surface area contributed by atoms with E-state index in [1.54, 1.807) is 13.1 Å². The Morgan fingerprint density at radius 3 is 2.40 bits per heavy atom. The van der Waals surface area contributed by atoms with E-state index in [9.17, 15) is 14.4 Å². The molecule has 0 atom stereocenters. The van der Waals surface area contributed by atoms with Crippen LogP contribution in [-0.4, -0.2) is 62.0 Å². The summed E-state index contributed by atoms with van der Waals surface area (Å²) >= 11 is 0. The van der Waals surface area contributed by atoms with Gasteiger partial charge in [-0.15, -0.1) is 0 Å². The van der Waals surface area contributed by atoms with E-state index in [-0.39, 0.29) is 11.3 Å². The Labute approximate surface area is 144 Å². The normalized spacial score (nSPS) is 18.7. The van der Waals surface area contributed by atoms with Gasteiger partial charge in [0.15, 0.2) is 0 Å². The van der Waals surface area contributed by atoms with Crippen molar-refractivity contribution in [2.24, 2.45) is 14.1 Å². The van der Waals surface area contributed by atoms with Crippen LogP contribution >= 0.6 is 0 Å². The summed E-state index contributed by atoms with van der Waals surface area (Å²) in [5, 5.41) is 0.284. The Kier molecular flexibility index (Phi) is 3.72. The molecule has 0 radical (unpaired) electrons. The fourth-order valence-corrected chi connectivity index (χ4v) is 3.49. The highest BCUT2D eigenvalue weighted by Gasteiger charge is 2.32. The molecule has 0 bridgehead atoms. The summed E-state index contributed by atoms with van der Waals surface area (Å²) in [7, 11) is 2.99. The van der Waals surface area contributed by atoms with Crippen molar-refractivity contribution in [3.8, 4) is 0 Å². The molecule has 0 N–H and O–H groups in total. The van der Waals surface area contributed by atoms with Gasteiger partial charge in [0.2, 0.25) is 0 Å². The molecular weight excluding hydrogens is 322 g/mol. The van der Waals surface area contributed by atoms with Crippen molar-refractivity contribution in [1.29, 1.82) is 0 Å². The lowest BCUT2D eigenvalue weighted by Gasteiger charge is -2.34. The van der Waals surface area contributed by atoms with Gasteiger partial charge < -0.3 is 4.90 Å². The van der Waals surface area contributed by atoms with E-state index in [4.69, 9.17) is 0 Å². The van der Waals surface area contributed by atoms with Gasteiger partial charge in [-0.3, -0.25) is 23.6 Å².